The molecule has 2 rings (SSSR count). The quantitative estimate of drug-likeness (QED) is 0.867. The first-order valence-electron chi connectivity index (χ1n) is 7.16. The zero-order valence-corrected chi connectivity index (χ0v) is 13.8. The second kappa shape index (κ2) is 6.50. The lowest BCUT2D eigenvalue weighted by atomic mass is 10.1. The molecule has 0 saturated heterocycles. The number of rotatable bonds is 4. The SMILES string of the molecule is Cc1cc(C)c(C)c(Oc2ccc(CC(C)N)c(Cl)c2)c1. The maximum atomic E-state index is 6.31. The first kappa shape index (κ1) is 15.9. The average molecular weight is 304 g/mol. The minimum atomic E-state index is 0.0935. The van der Waals surface area contributed by atoms with Crippen LogP contribution in [-0.4, -0.2) is 6.04 Å². The molecule has 2 nitrogen and oxygen atoms in total. The van der Waals surface area contributed by atoms with Crippen molar-refractivity contribution < 1.29 is 4.74 Å². The van der Waals surface area contributed by atoms with Gasteiger partial charge >= 0.3 is 0 Å². The number of ether oxygens (including phenoxy) is 1. The molecule has 0 saturated carbocycles. The number of aryl methyl sites for hydroxylation is 2. The Morgan fingerprint density at radius 2 is 1.86 bits per heavy atom. The zero-order chi connectivity index (χ0) is 15.6. The fourth-order valence-electron chi connectivity index (χ4n) is 2.34. The standard InChI is InChI=1S/C18H22ClNO/c1-11-7-12(2)14(4)18(8-11)21-16-6-5-15(9-13(3)20)17(19)10-16/h5-8,10,13H,9,20H2,1-4H3. The van der Waals surface area contributed by atoms with Crippen molar-refractivity contribution in [3.8, 4) is 11.5 Å². The van der Waals surface area contributed by atoms with Crippen molar-refractivity contribution in [3.63, 3.8) is 0 Å². The molecule has 0 aliphatic rings. The number of halogens is 1. The Bertz CT molecular complexity index is 650. The van der Waals surface area contributed by atoms with E-state index < -0.39 is 0 Å². The monoisotopic (exact) mass is 303 g/mol. The summed E-state index contributed by atoms with van der Waals surface area (Å²) in [6.45, 7) is 8.20. The van der Waals surface area contributed by atoms with Crippen LogP contribution in [0.2, 0.25) is 5.02 Å². The van der Waals surface area contributed by atoms with Gasteiger partial charge in [0.2, 0.25) is 0 Å². The minimum Gasteiger partial charge on any atom is -0.457 e. The predicted molar refractivity (Wildman–Crippen MR) is 89.5 cm³/mol. The summed E-state index contributed by atoms with van der Waals surface area (Å²) in [6, 6.07) is 10.1. The molecule has 2 aromatic carbocycles. The highest BCUT2D eigenvalue weighted by atomic mass is 35.5. The summed E-state index contributed by atoms with van der Waals surface area (Å²) in [5.74, 6) is 1.63. The van der Waals surface area contributed by atoms with Gasteiger partial charge in [-0.05, 0) is 74.6 Å². The predicted octanol–water partition coefficient (Wildman–Crippen LogP) is 4.95. The van der Waals surface area contributed by atoms with Gasteiger partial charge in [0.1, 0.15) is 11.5 Å². The van der Waals surface area contributed by atoms with Crippen molar-refractivity contribution in [2.24, 2.45) is 5.73 Å². The number of hydrogen-bond acceptors (Lipinski definition) is 2. The lowest BCUT2D eigenvalue weighted by molar-refractivity contribution is 0.477. The molecule has 0 aromatic heterocycles. The summed E-state index contributed by atoms with van der Waals surface area (Å²) in [4.78, 5) is 0. The van der Waals surface area contributed by atoms with Crippen molar-refractivity contribution >= 4 is 11.6 Å². The molecule has 1 atom stereocenters. The van der Waals surface area contributed by atoms with Gasteiger partial charge in [-0.1, -0.05) is 23.7 Å². The van der Waals surface area contributed by atoms with Crippen LogP contribution in [-0.2, 0) is 6.42 Å². The first-order valence-corrected chi connectivity index (χ1v) is 7.54. The third-order valence-electron chi connectivity index (χ3n) is 3.56. The molecule has 0 amide bonds. The largest absolute Gasteiger partial charge is 0.457 e. The Morgan fingerprint density at radius 3 is 2.48 bits per heavy atom. The second-order valence-corrected chi connectivity index (χ2v) is 6.15. The van der Waals surface area contributed by atoms with Crippen molar-refractivity contribution in [1.82, 2.24) is 0 Å². The van der Waals surface area contributed by atoms with Crippen LogP contribution in [0, 0.1) is 20.8 Å². The molecule has 2 aromatic rings. The third kappa shape index (κ3) is 3.99. The van der Waals surface area contributed by atoms with Gasteiger partial charge < -0.3 is 10.5 Å². The fourth-order valence-corrected chi connectivity index (χ4v) is 2.59. The molecule has 0 fully saturated rings. The Labute approximate surface area is 131 Å². The summed E-state index contributed by atoms with van der Waals surface area (Å²) in [7, 11) is 0. The first-order chi connectivity index (χ1) is 9.86. The van der Waals surface area contributed by atoms with E-state index in [9.17, 15) is 0 Å². The maximum absolute atomic E-state index is 6.31. The molecule has 0 radical (unpaired) electrons. The second-order valence-electron chi connectivity index (χ2n) is 5.74. The van der Waals surface area contributed by atoms with E-state index in [1.54, 1.807) is 0 Å². The fraction of sp³-hybridized carbons (Fsp3) is 0.333. The van der Waals surface area contributed by atoms with Crippen molar-refractivity contribution in [1.29, 1.82) is 0 Å². The van der Waals surface area contributed by atoms with E-state index in [4.69, 9.17) is 22.1 Å². The maximum Gasteiger partial charge on any atom is 0.130 e. The van der Waals surface area contributed by atoms with Crippen molar-refractivity contribution in [2.45, 2.75) is 40.2 Å². The van der Waals surface area contributed by atoms with Gasteiger partial charge in [0.05, 0.1) is 0 Å². The zero-order valence-electron chi connectivity index (χ0n) is 13.0. The highest BCUT2D eigenvalue weighted by Crippen LogP contribution is 2.31. The lowest BCUT2D eigenvalue weighted by Crippen LogP contribution is -2.17. The average Bonchev–Trinajstić information content (AvgIpc) is 2.38. The van der Waals surface area contributed by atoms with Crippen LogP contribution in [0.15, 0.2) is 30.3 Å². The van der Waals surface area contributed by atoms with Crippen LogP contribution in [0.1, 0.15) is 29.2 Å². The third-order valence-corrected chi connectivity index (χ3v) is 3.91. The van der Waals surface area contributed by atoms with Crippen molar-refractivity contribution in [3.05, 3.63) is 57.6 Å². The Balaban J connectivity index is 2.27. The van der Waals surface area contributed by atoms with Gasteiger partial charge in [-0.25, -0.2) is 0 Å². The van der Waals surface area contributed by atoms with E-state index in [1.807, 2.05) is 31.2 Å². The van der Waals surface area contributed by atoms with Gasteiger partial charge in [0.25, 0.3) is 0 Å². The molecule has 3 heteroatoms. The Morgan fingerprint density at radius 1 is 1.14 bits per heavy atom. The molecular weight excluding hydrogens is 282 g/mol. The van der Waals surface area contributed by atoms with E-state index in [0.717, 1.165) is 29.0 Å². The smallest absolute Gasteiger partial charge is 0.130 e. The van der Waals surface area contributed by atoms with Gasteiger partial charge in [0.15, 0.2) is 0 Å². The summed E-state index contributed by atoms with van der Waals surface area (Å²) in [6.07, 6.45) is 0.766. The van der Waals surface area contributed by atoms with E-state index in [2.05, 4.69) is 26.8 Å². The molecule has 0 bridgehead atoms. The summed E-state index contributed by atoms with van der Waals surface area (Å²) < 4.78 is 6.00. The van der Waals surface area contributed by atoms with E-state index in [0.29, 0.717) is 5.02 Å². The molecular formula is C18H22ClNO. The molecule has 0 aliphatic heterocycles. The topological polar surface area (TPSA) is 35.2 Å². The molecule has 0 spiro atoms. The summed E-state index contributed by atoms with van der Waals surface area (Å²) in [5.41, 5.74) is 10.4. The molecule has 1 unspecified atom stereocenters. The highest BCUT2D eigenvalue weighted by molar-refractivity contribution is 6.31. The van der Waals surface area contributed by atoms with Crippen molar-refractivity contribution in [2.75, 3.05) is 0 Å². The highest BCUT2D eigenvalue weighted by Gasteiger charge is 2.08. The van der Waals surface area contributed by atoms with Crippen LogP contribution < -0.4 is 10.5 Å². The van der Waals surface area contributed by atoms with Crippen LogP contribution in [0.5, 0.6) is 11.5 Å². The Kier molecular flexibility index (Phi) is 4.92. The summed E-state index contributed by atoms with van der Waals surface area (Å²) >= 11 is 6.31. The van der Waals surface area contributed by atoms with Crippen LogP contribution in [0.25, 0.3) is 0 Å². The lowest BCUT2D eigenvalue weighted by Gasteiger charge is -2.14. The van der Waals surface area contributed by atoms with Crippen LogP contribution >= 0.6 is 11.6 Å². The molecule has 112 valence electrons. The van der Waals surface area contributed by atoms with Crippen LogP contribution in [0.3, 0.4) is 0 Å². The van der Waals surface area contributed by atoms with Gasteiger partial charge in [-0.2, -0.15) is 0 Å². The van der Waals surface area contributed by atoms with Gasteiger partial charge in [0, 0.05) is 11.1 Å². The van der Waals surface area contributed by atoms with E-state index in [1.165, 1.54) is 11.1 Å². The molecule has 0 aliphatic carbocycles. The molecule has 2 N–H and O–H groups in total. The summed E-state index contributed by atoms with van der Waals surface area (Å²) in [5, 5.41) is 0.701. The molecule has 0 heterocycles. The van der Waals surface area contributed by atoms with E-state index >= 15 is 0 Å². The number of nitrogens with two attached hydrogens (primary N) is 1. The van der Waals surface area contributed by atoms with E-state index in [-0.39, 0.29) is 6.04 Å². The Hall–Kier alpha value is -1.51. The number of benzene rings is 2. The van der Waals surface area contributed by atoms with Gasteiger partial charge in [-0.3, -0.25) is 0 Å². The number of hydrogen-bond donors (Lipinski definition) is 1. The minimum absolute atomic E-state index is 0.0935. The molecule has 21 heavy (non-hydrogen) atoms. The normalized spacial score (nSPS) is 12.3. The van der Waals surface area contributed by atoms with Crippen LogP contribution in [0.4, 0.5) is 0 Å². The van der Waals surface area contributed by atoms with Gasteiger partial charge in [-0.15, -0.1) is 0 Å².